The molecule has 0 radical (unpaired) electrons. The summed E-state index contributed by atoms with van der Waals surface area (Å²) < 4.78 is 0.888. The molecule has 1 aromatic rings. The molecule has 0 bridgehead atoms. The van der Waals surface area contributed by atoms with E-state index in [4.69, 9.17) is 17.3 Å². The van der Waals surface area contributed by atoms with E-state index in [2.05, 4.69) is 20.9 Å². The van der Waals surface area contributed by atoms with Crippen LogP contribution in [0.5, 0.6) is 0 Å². The van der Waals surface area contributed by atoms with Gasteiger partial charge in [-0.2, -0.15) is 0 Å². The minimum atomic E-state index is -0.0216. The molecule has 1 heterocycles. The van der Waals surface area contributed by atoms with Gasteiger partial charge < -0.3 is 5.73 Å². The number of hydrogen-bond acceptors (Lipinski definition) is 3. The Labute approximate surface area is 144 Å². The average molecular weight is 382 g/mol. The van der Waals surface area contributed by atoms with Crippen molar-refractivity contribution in [3.05, 3.63) is 62.0 Å². The highest BCUT2D eigenvalue weighted by Gasteiger charge is 2.25. The molecule has 1 aromatic heterocycles. The van der Waals surface area contributed by atoms with Crippen molar-refractivity contribution < 1.29 is 4.79 Å². The number of fused-ring (bicyclic) bond motifs is 1. The summed E-state index contributed by atoms with van der Waals surface area (Å²) in [6.07, 6.45) is 7.31. The number of Topliss-reactive ketones (excluding diaryl/α,β-unsaturated/α-hetero) is 1. The van der Waals surface area contributed by atoms with E-state index in [0.717, 1.165) is 34.0 Å². The van der Waals surface area contributed by atoms with Gasteiger partial charge in [0.15, 0.2) is 0 Å². The lowest BCUT2D eigenvalue weighted by atomic mass is 9.99. The zero-order valence-electron chi connectivity index (χ0n) is 12.6. The largest absolute Gasteiger partial charge is 0.398 e. The van der Waals surface area contributed by atoms with E-state index in [1.165, 1.54) is 0 Å². The van der Waals surface area contributed by atoms with Gasteiger partial charge in [-0.25, -0.2) is 0 Å². The van der Waals surface area contributed by atoms with E-state index < -0.39 is 0 Å². The Kier molecular flexibility index (Phi) is 5.59. The highest BCUT2D eigenvalue weighted by molar-refractivity contribution is 9.10. The molecular weight excluding hydrogens is 364 g/mol. The van der Waals surface area contributed by atoms with Gasteiger partial charge >= 0.3 is 0 Å². The Morgan fingerprint density at radius 1 is 1.32 bits per heavy atom. The van der Waals surface area contributed by atoms with Crippen molar-refractivity contribution in [1.82, 2.24) is 4.98 Å². The van der Waals surface area contributed by atoms with Crippen LogP contribution < -0.4 is 5.73 Å². The first-order valence-corrected chi connectivity index (χ1v) is 8.47. The molecule has 5 heteroatoms. The standard InChI is InChI=1S/C15H12BrClN2O.C2H6/c16-10-5-9-2-1-8-6-12(17)13(18)4-3-11(8)15(20)14(9)19-7-10;1-2/h4-7H,1-3,18H2;1-2H3. The Morgan fingerprint density at radius 3 is 2.77 bits per heavy atom. The topological polar surface area (TPSA) is 56.0 Å². The van der Waals surface area contributed by atoms with Crippen LogP contribution in [0.4, 0.5) is 0 Å². The van der Waals surface area contributed by atoms with Crippen molar-refractivity contribution >= 4 is 33.3 Å². The third kappa shape index (κ3) is 3.33. The second-order valence-corrected chi connectivity index (χ2v) is 6.17. The van der Waals surface area contributed by atoms with Crippen LogP contribution >= 0.6 is 27.5 Å². The molecule has 0 saturated heterocycles. The number of allylic oxidation sites excluding steroid dienone is 5. The molecule has 0 unspecified atom stereocenters. The summed E-state index contributed by atoms with van der Waals surface area (Å²) in [4.78, 5) is 17.0. The van der Waals surface area contributed by atoms with Crippen LogP contribution in [-0.2, 0) is 6.42 Å². The maximum atomic E-state index is 12.7. The fourth-order valence-electron chi connectivity index (χ4n) is 2.51. The van der Waals surface area contributed by atoms with Gasteiger partial charge in [-0.05, 0) is 58.5 Å². The summed E-state index contributed by atoms with van der Waals surface area (Å²) in [7, 11) is 0. The molecule has 0 aliphatic heterocycles. The highest BCUT2D eigenvalue weighted by Crippen LogP contribution is 2.32. The van der Waals surface area contributed by atoms with Crippen molar-refractivity contribution in [2.24, 2.45) is 5.73 Å². The van der Waals surface area contributed by atoms with Crippen LogP contribution in [0.1, 0.15) is 42.7 Å². The molecule has 0 saturated carbocycles. The number of carbonyl (C=O) groups excluding carboxylic acids is 1. The van der Waals surface area contributed by atoms with Crippen molar-refractivity contribution in [2.45, 2.75) is 33.1 Å². The summed E-state index contributed by atoms with van der Waals surface area (Å²) >= 11 is 9.52. The van der Waals surface area contributed by atoms with E-state index in [1.807, 2.05) is 26.0 Å². The predicted octanol–water partition coefficient (Wildman–Crippen LogP) is 4.66. The molecular formula is C17H18BrClN2O. The van der Waals surface area contributed by atoms with Gasteiger partial charge in [-0.15, -0.1) is 0 Å². The van der Waals surface area contributed by atoms with Gasteiger partial charge in [-0.3, -0.25) is 9.78 Å². The van der Waals surface area contributed by atoms with Gasteiger partial charge in [0.2, 0.25) is 5.78 Å². The Morgan fingerprint density at radius 2 is 2.05 bits per heavy atom. The first kappa shape index (κ1) is 17.0. The van der Waals surface area contributed by atoms with Crippen molar-refractivity contribution in [2.75, 3.05) is 0 Å². The van der Waals surface area contributed by atoms with Gasteiger partial charge in [0, 0.05) is 21.9 Å². The van der Waals surface area contributed by atoms with Crippen LogP contribution in [0.25, 0.3) is 0 Å². The minimum absolute atomic E-state index is 0.0216. The molecule has 2 aliphatic rings. The average Bonchev–Trinajstić information content (AvgIpc) is 2.73. The second-order valence-electron chi connectivity index (χ2n) is 4.85. The van der Waals surface area contributed by atoms with Crippen LogP contribution in [0.2, 0.25) is 0 Å². The molecule has 3 nitrogen and oxygen atoms in total. The van der Waals surface area contributed by atoms with E-state index in [0.29, 0.717) is 22.8 Å². The first-order valence-electron chi connectivity index (χ1n) is 7.30. The highest BCUT2D eigenvalue weighted by atomic mass is 79.9. The molecule has 0 amide bonds. The number of pyridine rings is 1. The van der Waals surface area contributed by atoms with Gasteiger partial charge in [0.25, 0.3) is 0 Å². The van der Waals surface area contributed by atoms with Crippen LogP contribution in [0, 0.1) is 0 Å². The number of rotatable bonds is 0. The lowest BCUT2D eigenvalue weighted by Crippen LogP contribution is -2.08. The number of ketones is 1. The number of nitrogens with two attached hydrogens (primary N) is 1. The number of carbonyl (C=O) groups is 1. The normalized spacial score (nSPS) is 17.2. The summed E-state index contributed by atoms with van der Waals surface area (Å²) in [5, 5.41) is 0.503. The Hall–Kier alpha value is -1.39. The number of hydrogen-bond donors (Lipinski definition) is 1. The molecule has 3 rings (SSSR count). The smallest absolute Gasteiger partial charge is 0.208 e. The van der Waals surface area contributed by atoms with Crippen molar-refractivity contribution in [3.8, 4) is 0 Å². The fourth-order valence-corrected chi connectivity index (χ4v) is 3.10. The number of nitrogens with zero attached hydrogens (tertiary/aromatic N) is 1. The van der Waals surface area contributed by atoms with Crippen molar-refractivity contribution in [1.29, 1.82) is 0 Å². The third-order valence-electron chi connectivity index (χ3n) is 3.58. The molecule has 2 N–H and O–H groups in total. The monoisotopic (exact) mass is 380 g/mol. The van der Waals surface area contributed by atoms with Gasteiger partial charge in [-0.1, -0.05) is 31.5 Å². The minimum Gasteiger partial charge on any atom is -0.398 e. The number of aromatic nitrogens is 1. The molecule has 0 fully saturated rings. The fraction of sp³-hybridized carbons (Fsp3) is 0.294. The first-order chi connectivity index (χ1) is 10.6. The van der Waals surface area contributed by atoms with Gasteiger partial charge in [0.1, 0.15) is 5.69 Å². The molecule has 22 heavy (non-hydrogen) atoms. The summed E-state index contributed by atoms with van der Waals surface area (Å²) in [6, 6.07) is 1.96. The zero-order chi connectivity index (χ0) is 16.3. The summed E-state index contributed by atoms with van der Waals surface area (Å²) in [6.45, 7) is 4.00. The van der Waals surface area contributed by atoms with Crippen LogP contribution in [0.3, 0.4) is 0 Å². The van der Waals surface area contributed by atoms with Crippen LogP contribution in [0.15, 0.2) is 50.8 Å². The zero-order valence-corrected chi connectivity index (χ0v) is 15.0. The molecule has 0 aromatic carbocycles. The predicted molar refractivity (Wildman–Crippen MR) is 93.8 cm³/mol. The Bertz CT molecular complexity index is 705. The maximum Gasteiger partial charge on any atom is 0.208 e. The molecule has 0 atom stereocenters. The van der Waals surface area contributed by atoms with E-state index in [9.17, 15) is 4.79 Å². The van der Waals surface area contributed by atoms with E-state index in [-0.39, 0.29) is 5.78 Å². The van der Waals surface area contributed by atoms with E-state index in [1.54, 1.807) is 12.3 Å². The number of halogens is 2. The molecule has 116 valence electrons. The van der Waals surface area contributed by atoms with Crippen molar-refractivity contribution in [3.63, 3.8) is 0 Å². The second kappa shape index (κ2) is 7.25. The molecule has 2 aliphatic carbocycles. The lowest BCUT2D eigenvalue weighted by molar-refractivity contribution is 0.102. The number of aryl methyl sites for hydroxylation is 1. The molecule has 0 spiro atoms. The third-order valence-corrected chi connectivity index (χ3v) is 4.34. The van der Waals surface area contributed by atoms with Gasteiger partial charge in [0.05, 0.1) is 5.03 Å². The maximum absolute atomic E-state index is 12.7. The lowest BCUT2D eigenvalue weighted by Gasteiger charge is -2.06. The van der Waals surface area contributed by atoms with Crippen LogP contribution in [-0.4, -0.2) is 10.8 Å². The van der Waals surface area contributed by atoms with E-state index >= 15 is 0 Å². The SMILES string of the molecule is CC.NC1=CCC2=C(C=C1Cl)CCc1cc(Br)cnc1C2=O. The summed E-state index contributed by atoms with van der Waals surface area (Å²) in [5.74, 6) is -0.0216. The summed E-state index contributed by atoms with van der Waals surface area (Å²) in [5.41, 5.74) is 9.58. The quantitative estimate of drug-likeness (QED) is 0.711. The Balaban J connectivity index is 0.000000847.